The lowest BCUT2D eigenvalue weighted by molar-refractivity contribution is 0.0656. The molecule has 0 aliphatic rings. The predicted molar refractivity (Wildman–Crippen MR) is 69.3 cm³/mol. The second-order valence-electron chi connectivity index (χ2n) is 3.54. The van der Waals surface area contributed by atoms with Crippen LogP contribution < -0.4 is 9.47 Å². The number of furan rings is 1. The third kappa shape index (κ3) is 3.03. The summed E-state index contributed by atoms with van der Waals surface area (Å²) in [6, 6.07) is 8.46. The highest BCUT2D eigenvalue weighted by Gasteiger charge is 2.11. The predicted octanol–water partition coefficient (Wildman–Crippen LogP) is 3.15. The summed E-state index contributed by atoms with van der Waals surface area (Å²) in [6.07, 6.45) is 0. The highest BCUT2D eigenvalue weighted by atomic mass is 32.2. The first kappa shape index (κ1) is 13.4. The normalized spacial score (nSPS) is 10.2. The number of ether oxygens (including phenoxy) is 2. The topological polar surface area (TPSA) is 68.9 Å². The van der Waals surface area contributed by atoms with E-state index in [1.807, 2.05) is 6.07 Å². The van der Waals surface area contributed by atoms with E-state index in [-0.39, 0.29) is 5.76 Å². The van der Waals surface area contributed by atoms with Gasteiger partial charge in [0.1, 0.15) is 0 Å². The highest BCUT2D eigenvalue weighted by molar-refractivity contribution is 7.99. The fraction of sp³-hybridized carbons (Fsp3) is 0.154. The molecule has 0 radical (unpaired) electrons. The zero-order valence-electron chi connectivity index (χ0n) is 10.4. The van der Waals surface area contributed by atoms with Crippen LogP contribution in [-0.4, -0.2) is 25.3 Å². The van der Waals surface area contributed by atoms with Gasteiger partial charge in [0.15, 0.2) is 16.6 Å². The van der Waals surface area contributed by atoms with Crippen LogP contribution >= 0.6 is 11.8 Å². The standard InChI is InChI=1S/C13H12O5S/c1-16-9-4-3-8(7-11(9)17-2)19-12-6-5-10(18-12)13(14)15/h3-7H,1-2H3,(H,14,15). The van der Waals surface area contributed by atoms with Gasteiger partial charge in [0.25, 0.3) is 0 Å². The zero-order valence-corrected chi connectivity index (χ0v) is 11.2. The van der Waals surface area contributed by atoms with Crippen molar-refractivity contribution in [1.29, 1.82) is 0 Å². The van der Waals surface area contributed by atoms with E-state index in [2.05, 4.69) is 0 Å². The first-order chi connectivity index (χ1) is 9.13. The zero-order chi connectivity index (χ0) is 13.8. The maximum Gasteiger partial charge on any atom is 0.371 e. The van der Waals surface area contributed by atoms with Crippen molar-refractivity contribution in [2.45, 2.75) is 9.99 Å². The largest absolute Gasteiger partial charge is 0.493 e. The molecule has 0 aliphatic carbocycles. The Hall–Kier alpha value is -2.08. The van der Waals surface area contributed by atoms with Gasteiger partial charge in [-0.15, -0.1) is 0 Å². The number of hydrogen-bond donors (Lipinski definition) is 1. The molecular weight excluding hydrogens is 268 g/mol. The van der Waals surface area contributed by atoms with Gasteiger partial charge in [-0.1, -0.05) is 11.8 Å². The third-order valence-corrected chi connectivity index (χ3v) is 3.28. The Kier molecular flexibility index (Phi) is 4.01. The number of methoxy groups -OCH3 is 2. The molecule has 0 bridgehead atoms. The van der Waals surface area contributed by atoms with E-state index >= 15 is 0 Å². The third-order valence-electron chi connectivity index (χ3n) is 2.37. The quantitative estimate of drug-likeness (QED) is 0.907. The minimum atomic E-state index is -1.08. The van der Waals surface area contributed by atoms with Crippen LogP contribution in [0.3, 0.4) is 0 Å². The van der Waals surface area contributed by atoms with E-state index in [1.165, 1.54) is 17.8 Å². The summed E-state index contributed by atoms with van der Waals surface area (Å²) in [5.74, 6) is 0.0807. The van der Waals surface area contributed by atoms with Crippen LogP contribution in [0.1, 0.15) is 10.6 Å². The molecule has 0 atom stereocenters. The summed E-state index contributed by atoms with van der Waals surface area (Å²) in [7, 11) is 3.12. The Morgan fingerprint density at radius 3 is 2.47 bits per heavy atom. The van der Waals surface area contributed by atoms with E-state index < -0.39 is 5.97 Å². The summed E-state index contributed by atoms with van der Waals surface area (Å²) in [5, 5.41) is 9.28. The van der Waals surface area contributed by atoms with Crippen molar-refractivity contribution >= 4 is 17.7 Å². The number of aromatic carboxylic acids is 1. The first-order valence-corrected chi connectivity index (χ1v) is 6.18. The van der Waals surface area contributed by atoms with E-state index in [1.54, 1.807) is 32.4 Å². The van der Waals surface area contributed by atoms with Crippen molar-refractivity contribution in [1.82, 2.24) is 0 Å². The van der Waals surface area contributed by atoms with Crippen molar-refractivity contribution in [2.75, 3.05) is 14.2 Å². The molecule has 1 heterocycles. The van der Waals surface area contributed by atoms with Gasteiger partial charge >= 0.3 is 5.97 Å². The average molecular weight is 280 g/mol. The Morgan fingerprint density at radius 1 is 1.16 bits per heavy atom. The maximum absolute atomic E-state index is 10.7. The SMILES string of the molecule is COc1ccc(Sc2ccc(C(=O)O)o2)cc1OC. The molecule has 0 fully saturated rings. The molecule has 1 N–H and O–H groups in total. The van der Waals surface area contributed by atoms with E-state index in [9.17, 15) is 4.79 Å². The van der Waals surface area contributed by atoms with Crippen LogP contribution in [0.25, 0.3) is 0 Å². The fourth-order valence-corrected chi connectivity index (χ4v) is 2.29. The molecule has 0 spiro atoms. The fourth-order valence-electron chi connectivity index (χ4n) is 1.49. The number of carboxylic acids is 1. The highest BCUT2D eigenvalue weighted by Crippen LogP contribution is 2.35. The van der Waals surface area contributed by atoms with Crippen molar-refractivity contribution in [3.05, 3.63) is 36.1 Å². The van der Waals surface area contributed by atoms with Crippen molar-refractivity contribution in [2.24, 2.45) is 0 Å². The smallest absolute Gasteiger partial charge is 0.371 e. The lowest BCUT2D eigenvalue weighted by Crippen LogP contribution is -1.91. The minimum absolute atomic E-state index is 0.0806. The maximum atomic E-state index is 10.7. The molecule has 5 nitrogen and oxygen atoms in total. The van der Waals surface area contributed by atoms with Crippen molar-refractivity contribution in [3.63, 3.8) is 0 Å². The van der Waals surface area contributed by atoms with Crippen LogP contribution in [0.5, 0.6) is 11.5 Å². The van der Waals surface area contributed by atoms with Crippen LogP contribution in [0.4, 0.5) is 0 Å². The summed E-state index contributed by atoms with van der Waals surface area (Å²) in [5.41, 5.74) is 0. The summed E-state index contributed by atoms with van der Waals surface area (Å²) in [4.78, 5) is 11.6. The molecule has 2 rings (SSSR count). The van der Waals surface area contributed by atoms with Crippen molar-refractivity contribution in [3.8, 4) is 11.5 Å². The molecule has 2 aromatic rings. The molecule has 6 heteroatoms. The molecular formula is C13H12O5S. The van der Waals surface area contributed by atoms with Crippen LogP contribution in [-0.2, 0) is 0 Å². The second kappa shape index (κ2) is 5.71. The number of rotatable bonds is 5. The Balaban J connectivity index is 2.20. The molecule has 0 saturated heterocycles. The molecule has 1 aromatic carbocycles. The second-order valence-corrected chi connectivity index (χ2v) is 4.62. The summed E-state index contributed by atoms with van der Waals surface area (Å²) >= 11 is 1.31. The lowest BCUT2D eigenvalue weighted by Gasteiger charge is -2.08. The number of carbonyl (C=O) groups is 1. The Labute approximate surface area is 114 Å². The van der Waals surface area contributed by atoms with Crippen LogP contribution in [0.2, 0.25) is 0 Å². The van der Waals surface area contributed by atoms with E-state index in [0.29, 0.717) is 16.6 Å². The number of benzene rings is 1. The van der Waals surface area contributed by atoms with Gasteiger partial charge in [0.05, 0.1) is 14.2 Å². The van der Waals surface area contributed by atoms with Crippen LogP contribution in [0.15, 0.2) is 44.7 Å². The minimum Gasteiger partial charge on any atom is -0.493 e. The molecule has 0 unspecified atom stereocenters. The van der Waals surface area contributed by atoms with Crippen molar-refractivity contribution < 1.29 is 23.8 Å². The monoisotopic (exact) mass is 280 g/mol. The van der Waals surface area contributed by atoms with Gasteiger partial charge in [-0.25, -0.2) is 4.79 Å². The molecule has 0 saturated carbocycles. The van der Waals surface area contributed by atoms with E-state index in [0.717, 1.165) is 4.90 Å². The number of carboxylic acid groups (broad SMARTS) is 1. The molecule has 19 heavy (non-hydrogen) atoms. The molecule has 1 aromatic heterocycles. The Bertz CT molecular complexity index is 590. The van der Waals surface area contributed by atoms with Gasteiger partial charge in [-0.3, -0.25) is 0 Å². The summed E-state index contributed by atoms with van der Waals surface area (Å²) in [6.45, 7) is 0. The van der Waals surface area contributed by atoms with Gasteiger partial charge in [-0.2, -0.15) is 0 Å². The molecule has 100 valence electrons. The summed E-state index contributed by atoms with van der Waals surface area (Å²) < 4.78 is 15.5. The average Bonchev–Trinajstić information content (AvgIpc) is 2.87. The van der Waals surface area contributed by atoms with Gasteiger partial charge < -0.3 is 19.0 Å². The van der Waals surface area contributed by atoms with Gasteiger partial charge in [0, 0.05) is 4.90 Å². The van der Waals surface area contributed by atoms with Gasteiger partial charge in [-0.05, 0) is 30.3 Å². The molecule has 0 aliphatic heterocycles. The van der Waals surface area contributed by atoms with Gasteiger partial charge in [0.2, 0.25) is 5.76 Å². The Morgan fingerprint density at radius 2 is 1.89 bits per heavy atom. The lowest BCUT2D eigenvalue weighted by atomic mass is 10.3. The first-order valence-electron chi connectivity index (χ1n) is 5.37. The van der Waals surface area contributed by atoms with E-state index in [4.69, 9.17) is 19.0 Å². The molecule has 0 amide bonds. The van der Waals surface area contributed by atoms with Crippen LogP contribution in [0, 0.1) is 0 Å². The number of hydrogen-bond acceptors (Lipinski definition) is 5.